The molecule has 0 unspecified atom stereocenters. The molecule has 0 spiro atoms. The van der Waals surface area contributed by atoms with Crippen LogP contribution in [0.1, 0.15) is 0 Å². The fourth-order valence-electron chi connectivity index (χ4n) is 3.14. The summed E-state index contributed by atoms with van der Waals surface area (Å²) in [6.45, 7) is 4.33. The SMILES string of the molecule is COc1cc(OC)c(NC(=O)N2CCN(CCOc3ccccc3)CC2)cc1Cl. The van der Waals surface area contributed by atoms with Gasteiger partial charge < -0.3 is 24.4 Å². The molecule has 156 valence electrons. The Morgan fingerprint density at radius 2 is 1.72 bits per heavy atom. The van der Waals surface area contributed by atoms with E-state index in [1.807, 2.05) is 30.3 Å². The minimum absolute atomic E-state index is 0.176. The van der Waals surface area contributed by atoms with Crippen LogP contribution in [-0.2, 0) is 0 Å². The Hall–Kier alpha value is -2.64. The van der Waals surface area contributed by atoms with Crippen LogP contribution < -0.4 is 19.5 Å². The number of benzene rings is 2. The molecule has 2 amide bonds. The number of rotatable bonds is 7. The molecular weight excluding hydrogens is 394 g/mol. The Labute approximate surface area is 176 Å². The highest BCUT2D eigenvalue weighted by Gasteiger charge is 2.22. The number of carbonyl (C=O) groups is 1. The van der Waals surface area contributed by atoms with E-state index >= 15 is 0 Å². The van der Waals surface area contributed by atoms with E-state index in [9.17, 15) is 4.79 Å². The van der Waals surface area contributed by atoms with Gasteiger partial charge >= 0.3 is 6.03 Å². The second-order valence-electron chi connectivity index (χ2n) is 6.61. The second kappa shape index (κ2) is 10.2. The van der Waals surface area contributed by atoms with Gasteiger partial charge in [0.2, 0.25) is 0 Å². The number of ether oxygens (including phenoxy) is 3. The maximum Gasteiger partial charge on any atom is 0.322 e. The number of amides is 2. The lowest BCUT2D eigenvalue weighted by molar-refractivity contribution is 0.132. The molecule has 8 heteroatoms. The van der Waals surface area contributed by atoms with E-state index in [1.54, 1.807) is 17.0 Å². The maximum atomic E-state index is 12.6. The summed E-state index contributed by atoms with van der Waals surface area (Å²) in [6.07, 6.45) is 0. The van der Waals surface area contributed by atoms with Gasteiger partial charge in [-0.2, -0.15) is 0 Å². The highest BCUT2D eigenvalue weighted by molar-refractivity contribution is 6.32. The van der Waals surface area contributed by atoms with E-state index in [0.717, 1.165) is 25.4 Å². The largest absolute Gasteiger partial charge is 0.495 e. The predicted molar refractivity (Wildman–Crippen MR) is 114 cm³/mol. The Kier molecular flexibility index (Phi) is 7.43. The van der Waals surface area contributed by atoms with Crippen molar-refractivity contribution >= 4 is 23.3 Å². The number of halogens is 1. The summed E-state index contributed by atoms with van der Waals surface area (Å²) in [6, 6.07) is 12.9. The van der Waals surface area contributed by atoms with Crippen molar-refractivity contribution in [2.45, 2.75) is 0 Å². The maximum absolute atomic E-state index is 12.6. The molecule has 1 fully saturated rings. The third kappa shape index (κ3) is 5.68. The molecule has 2 aromatic rings. The number of nitrogens with zero attached hydrogens (tertiary/aromatic N) is 2. The predicted octanol–water partition coefficient (Wildman–Crippen LogP) is 3.59. The molecule has 0 atom stereocenters. The van der Waals surface area contributed by atoms with Gasteiger partial charge in [0.1, 0.15) is 23.9 Å². The number of nitrogens with one attached hydrogen (secondary N) is 1. The third-order valence-electron chi connectivity index (χ3n) is 4.79. The van der Waals surface area contributed by atoms with Crippen LogP contribution in [0.3, 0.4) is 0 Å². The number of urea groups is 1. The van der Waals surface area contributed by atoms with Gasteiger partial charge in [0.05, 0.1) is 24.9 Å². The normalized spacial score (nSPS) is 14.4. The number of piperazine rings is 1. The van der Waals surface area contributed by atoms with Crippen molar-refractivity contribution in [3.63, 3.8) is 0 Å². The van der Waals surface area contributed by atoms with Crippen LogP contribution in [0.5, 0.6) is 17.2 Å². The van der Waals surface area contributed by atoms with Gasteiger partial charge in [0, 0.05) is 38.8 Å². The molecule has 0 aromatic heterocycles. The average Bonchev–Trinajstić information content (AvgIpc) is 2.75. The first-order valence-electron chi connectivity index (χ1n) is 9.48. The fourth-order valence-corrected chi connectivity index (χ4v) is 3.38. The number of anilines is 1. The molecule has 1 aliphatic rings. The van der Waals surface area contributed by atoms with Gasteiger partial charge in [-0.05, 0) is 18.2 Å². The number of carbonyl (C=O) groups excluding carboxylic acids is 1. The van der Waals surface area contributed by atoms with Gasteiger partial charge in [-0.25, -0.2) is 4.79 Å². The smallest absolute Gasteiger partial charge is 0.322 e. The van der Waals surface area contributed by atoms with E-state index in [-0.39, 0.29) is 6.03 Å². The Balaban J connectivity index is 1.47. The second-order valence-corrected chi connectivity index (χ2v) is 7.01. The number of hydrogen-bond donors (Lipinski definition) is 1. The van der Waals surface area contributed by atoms with Crippen molar-refractivity contribution < 1.29 is 19.0 Å². The molecule has 3 rings (SSSR count). The van der Waals surface area contributed by atoms with Gasteiger partial charge in [-0.15, -0.1) is 0 Å². The van der Waals surface area contributed by atoms with Crippen molar-refractivity contribution in [1.82, 2.24) is 9.80 Å². The van der Waals surface area contributed by atoms with E-state index in [4.69, 9.17) is 25.8 Å². The molecular formula is C21H26ClN3O4. The van der Waals surface area contributed by atoms with Crippen LogP contribution in [-0.4, -0.2) is 69.4 Å². The van der Waals surface area contributed by atoms with Crippen molar-refractivity contribution in [3.05, 3.63) is 47.5 Å². The summed E-state index contributed by atoms with van der Waals surface area (Å²) in [5.41, 5.74) is 0.516. The molecule has 29 heavy (non-hydrogen) atoms. The van der Waals surface area contributed by atoms with Crippen molar-refractivity contribution in [2.24, 2.45) is 0 Å². The highest BCUT2D eigenvalue weighted by Crippen LogP contribution is 2.36. The minimum Gasteiger partial charge on any atom is -0.495 e. The molecule has 0 aliphatic carbocycles. The molecule has 1 saturated heterocycles. The van der Waals surface area contributed by atoms with Crippen molar-refractivity contribution in [1.29, 1.82) is 0 Å². The van der Waals surface area contributed by atoms with Gasteiger partial charge in [0.15, 0.2) is 0 Å². The lowest BCUT2D eigenvalue weighted by Crippen LogP contribution is -2.50. The molecule has 0 radical (unpaired) electrons. The summed E-state index contributed by atoms with van der Waals surface area (Å²) < 4.78 is 16.3. The van der Waals surface area contributed by atoms with E-state index in [1.165, 1.54) is 14.2 Å². The molecule has 1 aliphatic heterocycles. The zero-order chi connectivity index (χ0) is 20.6. The Morgan fingerprint density at radius 3 is 2.38 bits per heavy atom. The summed E-state index contributed by atoms with van der Waals surface area (Å²) >= 11 is 6.18. The lowest BCUT2D eigenvalue weighted by Gasteiger charge is -2.34. The molecule has 0 bridgehead atoms. The topological polar surface area (TPSA) is 63.3 Å². The lowest BCUT2D eigenvalue weighted by atomic mass is 10.2. The molecule has 1 heterocycles. The summed E-state index contributed by atoms with van der Waals surface area (Å²) in [7, 11) is 3.07. The monoisotopic (exact) mass is 419 g/mol. The number of para-hydroxylation sites is 1. The Morgan fingerprint density at radius 1 is 1.03 bits per heavy atom. The minimum atomic E-state index is -0.176. The van der Waals surface area contributed by atoms with Gasteiger partial charge in [-0.3, -0.25) is 4.90 Å². The standard InChI is InChI=1S/C21H26ClN3O4/c1-27-19-15-20(28-2)18(14-17(19)22)23-21(26)25-10-8-24(9-11-25)12-13-29-16-6-4-3-5-7-16/h3-7,14-15H,8-13H2,1-2H3,(H,23,26). The van der Waals surface area contributed by atoms with Crippen LogP contribution in [0.25, 0.3) is 0 Å². The molecule has 0 saturated carbocycles. The summed E-state index contributed by atoms with van der Waals surface area (Å²) in [4.78, 5) is 16.7. The zero-order valence-electron chi connectivity index (χ0n) is 16.7. The molecule has 7 nitrogen and oxygen atoms in total. The van der Waals surface area contributed by atoms with Crippen LogP contribution in [0, 0.1) is 0 Å². The van der Waals surface area contributed by atoms with Crippen molar-refractivity contribution in [2.75, 3.05) is 58.9 Å². The van der Waals surface area contributed by atoms with Gasteiger partial charge in [-0.1, -0.05) is 29.8 Å². The van der Waals surface area contributed by atoms with E-state index < -0.39 is 0 Å². The first-order valence-corrected chi connectivity index (χ1v) is 9.86. The third-order valence-corrected chi connectivity index (χ3v) is 5.09. The fraction of sp³-hybridized carbons (Fsp3) is 0.381. The Bertz CT molecular complexity index is 811. The first kappa shape index (κ1) is 21.1. The quantitative estimate of drug-likeness (QED) is 0.743. The highest BCUT2D eigenvalue weighted by atomic mass is 35.5. The summed E-state index contributed by atoms with van der Waals surface area (Å²) in [5.74, 6) is 1.86. The molecule has 1 N–H and O–H groups in total. The van der Waals surface area contributed by atoms with Crippen LogP contribution in [0.2, 0.25) is 5.02 Å². The summed E-state index contributed by atoms with van der Waals surface area (Å²) in [5, 5.41) is 3.29. The van der Waals surface area contributed by atoms with Crippen LogP contribution in [0.15, 0.2) is 42.5 Å². The number of hydrogen-bond acceptors (Lipinski definition) is 5. The molecule has 2 aromatic carbocycles. The van der Waals surface area contributed by atoms with E-state index in [2.05, 4.69) is 10.2 Å². The van der Waals surface area contributed by atoms with Crippen molar-refractivity contribution in [3.8, 4) is 17.2 Å². The van der Waals surface area contributed by atoms with E-state index in [0.29, 0.717) is 41.9 Å². The average molecular weight is 420 g/mol. The zero-order valence-corrected chi connectivity index (χ0v) is 17.4. The number of methoxy groups -OCH3 is 2. The van der Waals surface area contributed by atoms with Crippen LogP contribution in [0.4, 0.5) is 10.5 Å². The first-order chi connectivity index (χ1) is 14.1. The van der Waals surface area contributed by atoms with Gasteiger partial charge in [0.25, 0.3) is 0 Å². The van der Waals surface area contributed by atoms with Crippen LogP contribution >= 0.6 is 11.6 Å².